The molecular formula is C8H16OS. The van der Waals surface area contributed by atoms with Gasteiger partial charge in [-0.05, 0) is 18.3 Å². The Morgan fingerprint density at radius 1 is 1.40 bits per heavy atom. The van der Waals surface area contributed by atoms with Crippen LogP contribution in [-0.2, 0) is 10.8 Å². The van der Waals surface area contributed by atoms with Gasteiger partial charge in [-0.15, -0.1) is 0 Å². The molecule has 1 fully saturated rings. The van der Waals surface area contributed by atoms with Crippen LogP contribution in [0.15, 0.2) is 0 Å². The van der Waals surface area contributed by atoms with Crippen molar-refractivity contribution in [3.63, 3.8) is 0 Å². The van der Waals surface area contributed by atoms with Crippen molar-refractivity contribution in [2.45, 2.75) is 38.9 Å². The Kier molecular flexibility index (Phi) is 2.18. The van der Waals surface area contributed by atoms with Crippen LogP contribution in [0.1, 0.15) is 33.6 Å². The summed E-state index contributed by atoms with van der Waals surface area (Å²) in [5, 5.41) is 0.451. The van der Waals surface area contributed by atoms with Crippen molar-refractivity contribution in [1.29, 1.82) is 0 Å². The van der Waals surface area contributed by atoms with Crippen molar-refractivity contribution in [3.8, 4) is 0 Å². The highest BCUT2D eigenvalue weighted by Crippen LogP contribution is 2.32. The van der Waals surface area contributed by atoms with E-state index in [1.165, 1.54) is 0 Å². The first-order chi connectivity index (χ1) is 4.52. The largest absolute Gasteiger partial charge is 0.259 e. The zero-order valence-electron chi connectivity index (χ0n) is 7.02. The first-order valence-electron chi connectivity index (χ1n) is 3.89. The van der Waals surface area contributed by atoms with E-state index in [0.29, 0.717) is 5.25 Å². The maximum Gasteiger partial charge on any atom is 0.0396 e. The SMILES string of the molecule is CC(C)(C)[C@@H]1CCCS1=O. The van der Waals surface area contributed by atoms with E-state index in [-0.39, 0.29) is 5.41 Å². The number of hydrogen-bond donors (Lipinski definition) is 0. The van der Waals surface area contributed by atoms with Gasteiger partial charge in [0.25, 0.3) is 0 Å². The summed E-state index contributed by atoms with van der Waals surface area (Å²) in [6.45, 7) is 6.54. The molecule has 0 saturated carbocycles. The predicted molar refractivity (Wildman–Crippen MR) is 45.5 cm³/mol. The fraction of sp³-hybridized carbons (Fsp3) is 1.00. The molecule has 0 aromatic heterocycles. The Bertz CT molecular complexity index is 146. The first kappa shape index (κ1) is 8.25. The molecule has 1 heterocycles. The van der Waals surface area contributed by atoms with Crippen molar-refractivity contribution in [2.75, 3.05) is 5.75 Å². The summed E-state index contributed by atoms with van der Waals surface area (Å²) in [6, 6.07) is 0. The second kappa shape index (κ2) is 2.65. The summed E-state index contributed by atoms with van der Waals surface area (Å²) >= 11 is 0. The van der Waals surface area contributed by atoms with Crippen molar-refractivity contribution in [1.82, 2.24) is 0 Å². The molecule has 1 aliphatic heterocycles. The monoisotopic (exact) mass is 160 g/mol. The minimum atomic E-state index is -0.530. The summed E-state index contributed by atoms with van der Waals surface area (Å²) in [6.07, 6.45) is 2.32. The zero-order chi connectivity index (χ0) is 7.78. The standard InChI is InChI=1S/C8H16OS/c1-8(2,3)7-5-4-6-10(7)9/h7H,4-6H2,1-3H3/t7-,10?/m0/s1. The van der Waals surface area contributed by atoms with Gasteiger partial charge in [0.2, 0.25) is 0 Å². The van der Waals surface area contributed by atoms with E-state index >= 15 is 0 Å². The normalized spacial score (nSPS) is 34.7. The van der Waals surface area contributed by atoms with Crippen LogP contribution in [0.3, 0.4) is 0 Å². The third-order valence-electron chi connectivity index (χ3n) is 2.10. The third kappa shape index (κ3) is 1.60. The molecule has 1 unspecified atom stereocenters. The molecule has 0 aliphatic carbocycles. The number of rotatable bonds is 0. The molecule has 1 rings (SSSR count). The van der Waals surface area contributed by atoms with Gasteiger partial charge in [-0.1, -0.05) is 20.8 Å². The summed E-state index contributed by atoms with van der Waals surface area (Å²) in [5.74, 6) is 0.932. The minimum Gasteiger partial charge on any atom is -0.259 e. The van der Waals surface area contributed by atoms with Gasteiger partial charge in [-0.2, -0.15) is 0 Å². The smallest absolute Gasteiger partial charge is 0.0396 e. The van der Waals surface area contributed by atoms with Gasteiger partial charge in [0, 0.05) is 21.8 Å². The fourth-order valence-corrected chi connectivity index (χ4v) is 3.47. The van der Waals surface area contributed by atoms with E-state index in [9.17, 15) is 4.21 Å². The molecule has 0 radical (unpaired) electrons. The van der Waals surface area contributed by atoms with Crippen LogP contribution >= 0.6 is 0 Å². The summed E-state index contributed by atoms with van der Waals surface area (Å²) in [5.41, 5.74) is 0.251. The Labute approximate surface area is 65.7 Å². The van der Waals surface area contributed by atoms with Gasteiger partial charge in [-0.25, -0.2) is 0 Å². The van der Waals surface area contributed by atoms with Gasteiger partial charge in [-0.3, -0.25) is 4.21 Å². The van der Waals surface area contributed by atoms with Crippen LogP contribution in [0.25, 0.3) is 0 Å². The van der Waals surface area contributed by atoms with Crippen molar-refractivity contribution in [2.24, 2.45) is 5.41 Å². The average molecular weight is 160 g/mol. The maximum absolute atomic E-state index is 11.3. The van der Waals surface area contributed by atoms with Crippen LogP contribution in [0.4, 0.5) is 0 Å². The van der Waals surface area contributed by atoms with Gasteiger partial charge in [0.05, 0.1) is 0 Å². The van der Waals surface area contributed by atoms with Crippen molar-refractivity contribution in [3.05, 3.63) is 0 Å². The lowest BCUT2D eigenvalue weighted by Gasteiger charge is -2.25. The van der Waals surface area contributed by atoms with E-state index in [1.807, 2.05) is 0 Å². The molecule has 0 N–H and O–H groups in total. The topological polar surface area (TPSA) is 17.1 Å². The molecular weight excluding hydrogens is 144 g/mol. The molecule has 0 bridgehead atoms. The molecule has 0 spiro atoms. The Morgan fingerprint density at radius 3 is 2.20 bits per heavy atom. The van der Waals surface area contributed by atoms with E-state index in [4.69, 9.17) is 0 Å². The highest BCUT2D eigenvalue weighted by atomic mass is 32.2. The summed E-state index contributed by atoms with van der Waals surface area (Å²) in [4.78, 5) is 0. The quantitative estimate of drug-likeness (QED) is 0.529. The third-order valence-corrected chi connectivity index (χ3v) is 4.36. The van der Waals surface area contributed by atoms with E-state index < -0.39 is 10.8 Å². The van der Waals surface area contributed by atoms with E-state index in [2.05, 4.69) is 20.8 Å². The van der Waals surface area contributed by atoms with Crippen LogP contribution < -0.4 is 0 Å². The van der Waals surface area contributed by atoms with Crippen LogP contribution in [0.2, 0.25) is 0 Å². The van der Waals surface area contributed by atoms with Gasteiger partial charge < -0.3 is 0 Å². The second-order valence-corrected chi connectivity index (χ2v) is 5.82. The molecule has 0 aromatic carbocycles. The van der Waals surface area contributed by atoms with Crippen LogP contribution in [-0.4, -0.2) is 15.2 Å². The Balaban J connectivity index is 2.64. The van der Waals surface area contributed by atoms with Crippen molar-refractivity contribution >= 4 is 10.8 Å². The Hall–Kier alpha value is 0.150. The van der Waals surface area contributed by atoms with Gasteiger partial charge in [0.15, 0.2) is 0 Å². The highest BCUT2D eigenvalue weighted by molar-refractivity contribution is 7.85. The van der Waals surface area contributed by atoms with E-state index in [1.54, 1.807) is 0 Å². The van der Waals surface area contributed by atoms with Gasteiger partial charge in [0.1, 0.15) is 0 Å². The molecule has 1 aliphatic rings. The zero-order valence-corrected chi connectivity index (χ0v) is 7.83. The molecule has 2 atom stereocenters. The molecule has 2 heteroatoms. The molecule has 0 amide bonds. The highest BCUT2D eigenvalue weighted by Gasteiger charge is 2.33. The maximum atomic E-state index is 11.3. The second-order valence-electron chi connectivity index (χ2n) is 4.08. The molecule has 0 aromatic rings. The molecule has 1 saturated heterocycles. The fourth-order valence-electron chi connectivity index (χ4n) is 1.51. The lowest BCUT2D eigenvalue weighted by Crippen LogP contribution is -2.26. The number of hydrogen-bond acceptors (Lipinski definition) is 1. The predicted octanol–water partition coefficient (Wildman–Crippen LogP) is 1.94. The van der Waals surface area contributed by atoms with Crippen molar-refractivity contribution < 1.29 is 4.21 Å². The molecule has 10 heavy (non-hydrogen) atoms. The lowest BCUT2D eigenvalue weighted by atomic mass is 9.89. The lowest BCUT2D eigenvalue weighted by molar-refractivity contribution is 0.382. The first-order valence-corrected chi connectivity index (χ1v) is 5.27. The average Bonchev–Trinajstić information content (AvgIpc) is 2.11. The summed E-state index contributed by atoms with van der Waals surface area (Å²) in [7, 11) is -0.530. The van der Waals surface area contributed by atoms with Gasteiger partial charge >= 0.3 is 0 Å². The molecule has 60 valence electrons. The van der Waals surface area contributed by atoms with Crippen LogP contribution in [0.5, 0.6) is 0 Å². The van der Waals surface area contributed by atoms with E-state index in [0.717, 1.165) is 18.6 Å². The molecule has 1 nitrogen and oxygen atoms in total. The minimum absolute atomic E-state index is 0.251. The van der Waals surface area contributed by atoms with Crippen LogP contribution in [0, 0.1) is 5.41 Å². The Morgan fingerprint density at radius 2 is 2.00 bits per heavy atom. The summed E-state index contributed by atoms with van der Waals surface area (Å²) < 4.78 is 11.3.